The number of nitrogen functional groups attached to an aromatic ring is 1. The number of nitrogens with zero attached hydrogens (tertiary/aromatic N) is 3. The van der Waals surface area contributed by atoms with Crippen LogP contribution in [0, 0.1) is 0 Å². The van der Waals surface area contributed by atoms with Crippen LogP contribution in [0.4, 0.5) is 23.0 Å². The lowest BCUT2D eigenvalue weighted by Crippen LogP contribution is -2.21. The molecule has 1 aromatic carbocycles. The van der Waals surface area contributed by atoms with Crippen LogP contribution in [0.2, 0.25) is 0 Å². The van der Waals surface area contributed by atoms with Crippen molar-refractivity contribution >= 4 is 23.0 Å². The first kappa shape index (κ1) is 15.6. The van der Waals surface area contributed by atoms with E-state index in [-0.39, 0.29) is 0 Å². The first-order chi connectivity index (χ1) is 11.3. The molecule has 5 nitrogen and oxygen atoms in total. The average Bonchev–Trinajstić information content (AvgIpc) is 2.86. The summed E-state index contributed by atoms with van der Waals surface area (Å²) in [7, 11) is 1.98. The van der Waals surface area contributed by atoms with Crippen molar-refractivity contribution < 1.29 is 0 Å². The lowest BCUT2D eigenvalue weighted by molar-refractivity contribution is 0.618. The van der Waals surface area contributed by atoms with E-state index < -0.39 is 0 Å². The molecule has 1 heterocycles. The molecule has 1 fully saturated rings. The third kappa shape index (κ3) is 3.73. The Labute approximate surface area is 137 Å². The normalized spacial score (nSPS) is 15.9. The monoisotopic (exact) mass is 311 g/mol. The van der Waals surface area contributed by atoms with Gasteiger partial charge < -0.3 is 16.0 Å². The highest BCUT2D eigenvalue weighted by molar-refractivity contribution is 5.78. The molecule has 0 atom stereocenters. The van der Waals surface area contributed by atoms with E-state index in [1.165, 1.54) is 38.5 Å². The summed E-state index contributed by atoms with van der Waals surface area (Å²) >= 11 is 0. The molecule has 0 aliphatic heterocycles. The van der Waals surface area contributed by atoms with Crippen molar-refractivity contribution in [1.82, 2.24) is 9.97 Å². The SMILES string of the molecule is CN(c1ccccc1)c1ncnc(NC2CCCCCC2)c1N. The summed E-state index contributed by atoms with van der Waals surface area (Å²) in [6, 6.07) is 10.6. The molecule has 1 aliphatic rings. The van der Waals surface area contributed by atoms with Crippen molar-refractivity contribution in [3.63, 3.8) is 0 Å². The Hall–Kier alpha value is -2.30. The second-order valence-electron chi connectivity index (χ2n) is 6.19. The number of hydrogen-bond donors (Lipinski definition) is 2. The first-order valence-corrected chi connectivity index (χ1v) is 8.41. The lowest BCUT2D eigenvalue weighted by atomic mass is 10.1. The van der Waals surface area contributed by atoms with Crippen LogP contribution in [0.15, 0.2) is 36.7 Å². The summed E-state index contributed by atoms with van der Waals surface area (Å²) in [4.78, 5) is 10.7. The van der Waals surface area contributed by atoms with Gasteiger partial charge in [-0.1, -0.05) is 43.9 Å². The molecule has 1 saturated carbocycles. The third-order valence-corrected chi connectivity index (χ3v) is 4.52. The van der Waals surface area contributed by atoms with Gasteiger partial charge in [-0.25, -0.2) is 9.97 Å². The zero-order valence-corrected chi connectivity index (χ0v) is 13.7. The molecule has 23 heavy (non-hydrogen) atoms. The van der Waals surface area contributed by atoms with E-state index in [1.54, 1.807) is 6.33 Å². The fourth-order valence-corrected chi connectivity index (χ4v) is 3.16. The van der Waals surface area contributed by atoms with Gasteiger partial charge in [0, 0.05) is 18.8 Å². The van der Waals surface area contributed by atoms with E-state index in [9.17, 15) is 0 Å². The molecule has 3 N–H and O–H groups in total. The fourth-order valence-electron chi connectivity index (χ4n) is 3.16. The zero-order chi connectivity index (χ0) is 16.1. The molecule has 1 aromatic heterocycles. The van der Waals surface area contributed by atoms with Gasteiger partial charge in [0.15, 0.2) is 11.6 Å². The lowest BCUT2D eigenvalue weighted by Gasteiger charge is -2.23. The maximum atomic E-state index is 6.35. The number of aromatic nitrogens is 2. The number of anilines is 4. The van der Waals surface area contributed by atoms with Crippen LogP contribution >= 0.6 is 0 Å². The minimum atomic E-state index is 0.463. The van der Waals surface area contributed by atoms with E-state index >= 15 is 0 Å². The van der Waals surface area contributed by atoms with Crippen molar-refractivity contribution in [2.75, 3.05) is 23.0 Å². The Morgan fingerprint density at radius 1 is 1.04 bits per heavy atom. The molecule has 0 saturated heterocycles. The average molecular weight is 311 g/mol. The number of nitrogens with one attached hydrogen (secondary N) is 1. The summed E-state index contributed by atoms with van der Waals surface area (Å²) in [5.74, 6) is 1.49. The highest BCUT2D eigenvalue weighted by Gasteiger charge is 2.17. The van der Waals surface area contributed by atoms with Crippen molar-refractivity contribution in [3.05, 3.63) is 36.7 Å². The zero-order valence-electron chi connectivity index (χ0n) is 13.7. The van der Waals surface area contributed by atoms with Crippen LogP contribution in [-0.2, 0) is 0 Å². The van der Waals surface area contributed by atoms with Crippen LogP contribution in [-0.4, -0.2) is 23.1 Å². The van der Waals surface area contributed by atoms with E-state index in [0.29, 0.717) is 11.7 Å². The predicted molar refractivity (Wildman–Crippen MR) is 96.1 cm³/mol. The number of benzene rings is 1. The smallest absolute Gasteiger partial charge is 0.161 e. The van der Waals surface area contributed by atoms with E-state index in [4.69, 9.17) is 5.73 Å². The molecule has 1 aliphatic carbocycles. The number of nitrogens with two attached hydrogens (primary N) is 1. The standard InChI is InChI=1S/C18H25N5/c1-23(15-11-7-4-8-12-15)18-16(19)17(20-13-21-18)22-14-9-5-2-3-6-10-14/h4,7-8,11-14H,2-3,5-6,9-10,19H2,1H3,(H,20,21,22). The van der Waals surface area contributed by atoms with Crippen LogP contribution in [0.25, 0.3) is 0 Å². The summed E-state index contributed by atoms with van der Waals surface area (Å²) in [6.07, 6.45) is 9.18. The predicted octanol–water partition coefficient (Wildman–Crippen LogP) is 3.96. The molecule has 5 heteroatoms. The second-order valence-corrected chi connectivity index (χ2v) is 6.19. The minimum Gasteiger partial charge on any atom is -0.393 e. The van der Waals surface area contributed by atoms with Gasteiger partial charge >= 0.3 is 0 Å². The molecule has 3 rings (SSSR count). The second kappa shape index (κ2) is 7.31. The Morgan fingerprint density at radius 3 is 2.43 bits per heavy atom. The van der Waals surface area contributed by atoms with Crippen LogP contribution in [0.3, 0.4) is 0 Å². The van der Waals surface area contributed by atoms with Gasteiger partial charge in [-0.05, 0) is 25.0 Å². The Bertz CT molecular complexity index is 621. The molecular weight excluding hydrogens is 286 g/mol. The van der Waals surface area contributed by atoms with Gasteiger partial charge in [-0.2, -0.15) is 0 Å². The Kier molecular flexibility index (Phi) is 4.95. The third-order valence-electron chi connectivity index (χ3n) is 4.52. The molecule has 122 valence electrons. The fraction of sp³-hybridized carbons (Fsp3) is 0.444. The van der Waals surface area contributed by atoms with Gasteiger partial charge in [-0.3, -0.25) is 0 Å². The molecule has 0 amide bonds. The van der Waals surface area contributed by atoms with Crippen LogP contribution < -0.4 is 16.0 Å². The summed E-state index contributed by atoms with van der Waals surface area (Å²) in [5.41, 5.74) is 8.02. The van der Waals surface area contributed by atoms with Gasteiger partial charge in [0.2, 0.25) is 0 Å². The number of hydrogen-bond acceptors (Lipinski definition) is 5. The molecule has 0 radical (unpaired) electrons. The number of para-hydroxylation sites is 1. The van der Waals surface area contributed by atoms with Crippen molar-refractivity contribution in [2.24, 2.45) is 0 Å². The topological polar surface area (TPSA) is 67.1 Å². The van der Waals surface area contributed by atoms with Gasteiger partial charge in [0.1, 0.15) is 12.0 Å². The van der Waals surface area contributed by atoms with Crippen molar-refractivity contribution in [1.29, 1.82) is 0 Å². The maximum absolute atomic E-state index is 6.35. The van der Waals surface area contributed by atoms with E-state index in [0.717, 1.165) is 17.3 Å². The quantitative estimate of drug-likeness (QED) is 0.837. The van der Waals surface area contributed by atoms with Crippen molar-refractivity contribution in [2.45, 2.75) is 44.6 Å². The highest BCUT2D eigenvalue weighted by Crippen LogP contribution is 2.31. The maximum Gasteiger partial charge on any atom is 0.161 e. The summed E-state index contributed by atoms with van der Waals surface area (Å²) in [5, 5.41) is 3.53. The molecule has 0 spiro atoms. The van der Waals surface area contributed by atoms with Gasteiger partial charge in [-0.15, -0.1) is 0 Å². The van der Waals surface area contributed by atoms with E-state index in [1.807, 2.05) is 42.3 Å². The minimum absolute atomic E-state index is 0.463. The summed E-state index contributed by atoms with van der Waals surface area (Å²) < 4.78 is 0. The largest absolute Gasteiger partial charge is 0.393 e. The Balaban J connectivity index is 1.80. The van der Waals surface area contributed by atoms with Gasteiger partial charge in [0.25, 0.3) is 0 Å². The highest BCUT2D eigenvalue weighted by atomic mass is 15.2. The molecule has 2 aromatic rings. The van der Waals surface area contributed by atoms with Crippen LogP contribution in [0.1, 0.15) is 38.5 Å². The molecule has 0 bridgehead atoms. The van der Waals surface area contributed by atoms with Crippen LogP contribution in [0.5, 0.6) is 0 Å². The molecule has 0 unspecified atom stereocenters. The van der Waals surface area contributed by atoms with E-state index in [2.05, 4.69) is 15.3 Å². The summed E-state index contributed by atoms with van der Waals surface area (Å²) in [6.45, 7) is 0. The first-order valence-electron chi connectivity index (χ1n) is 8.41. The number of rotatable bonds is 4. The van der Waals surface area contributed by atoms with Gasteiger partial charge in [0.05, 0.1) is 0 Å². The van der Waals surface area contributed by atoms with Crippen molar-refractivity contribution in [3.8, 4) is 0 Å². The Morgan fingerprint density at radius 2 is 1.74 bits per heavy atom. The molecular formula is C18H25N5.